The summed E-state index contributed by atoms with van der Waals surface area (Å²) < 4.78 is 27.7. The van der Waals surface area contributed by atoms with Gasteiger partial charge >= 0.3 is 0 Å². The van der Waals surface area contributed by atoms with Crippen LogP contribution in [-0.4, -0.2) is 20.0 Å². The topological polar surface area (TPSA) is 87.6 Å². The van der Waals surface area contributed by atoms with Gasteiger partial charge in [-0.2, -0.15) is 5.10 Å². The predicted octanol–water partition coefficient (Wildman–Crippen LogP) is 4.48. The van der Waals surface area contributed by atoms with Gasteiger partial charge in [-0.3, -0.25) is 9.52 Å². The van der Waals surface area contributed by atoms with Gasteiger partial charge in [0.25, 0.3) is 15.9 Å². The first-order valence-corrected chi connectivity index (χ1v) is 11.5. The highest BCUT2D eigenvalue weighted by molar-refractivity contribution is 7.94. The normalized spacial score (nSPS) is 20.7. The van der Waals surface area contributed by atoms with Crippen LogP contribution in [-0.2, 0) is 10.0 Å². The second-order valence-corrected chi connectivity index (χ2v) is 10.9. The summed E-state index contributed by atoms with van der Waals surface area (Å²) >= 11 is 1.12. The lowest BCUT2D eigenvalue weighted by molar-refractivity contribution is 0.0954. The van der Waals surface area contributed by atoms with E-state index in [1.165, 1.54) is 6.07 Å². The van der Waals surface area contributed by atoms with Gasteiger partial charge in [-0.25, -0.2) is 13.8 Å². The Hall–Kier alpha value is -2.19. The van der Waals surface area contributed by atoms with Crippen molar-refractivity contribution in [2.75, 3.05) is 4.72 Å². The van der Waals surface area contributed by atoms with E-state index in [0.717, 1.165) is 36.3 Å². The van der Waals surface area contributed by atoms with Crippen molar-refractivity contribution in [2.24, 2.45) is 16.4 Å². The zero-order chi connectivity index (χ0) is 20.4. The zero-order valence-electron chi connectivity index (χ0n) is 16.2. The minimum atomic E-state index is -3.73. The number of sulfonamides is 1. The molecule has 28 heavy (non-hydrogen) atoms. The molecule has 2 aromatic rings. The first-order valence-electron chi connectivity index (χ1n) is 9.17. The molecular weight excluding hydrogens is 394 g/mol. The Morgan fingerprint density at radius 2 is 1.96 bits per heavy atom. The van der Waals surface area contributed by atoms with Gasteiger partial charge in [0.1, 0.15) is 4.21 Å². The SMILES string of the molecule is C[C@H]1C/C(=N\NC(=O)c2ccccc2NS(=O)(=O)c2cccs2)CC(C)(C)C1. The molecule has 1 aromatic heterocycles. The van der Waals surface area contributed by atoms with Crippen molar-refractivity contribution in [3.05, 3.63) is 47.3 Å². The van der Waals surface area contributed by atoms with Gasteiger partial charge in [0.15, 0.2) is 0 Å². The van der Waals surface area contributed by atoms with Crippen LogP contribution in [0, 0.1) is 11.3 Å². The predicted molar refractivity (Wildman–Crippen MR) is 113 cm³/mol. The molecule has 1 amide bonds. The maximum absolute atomic E-state index is 12.7. The number of amides is 1. The molecule has 0 aliphatic heterocycles. The fourth-order valence-electron chi connectivity index (χ4n) is 3.77. The van der Waals surface area contributed by atoms with E-state index in [1.807, 2.05) is 0 Å². The van der Waals surface area contributed by atoms with Gasteiger partial charge in [0.05, 0.1) is 11.3 Å². The lowest BCUT2D eigenvalue weighted by Crippen LogP contribution is -2.30. The van der Waals surface area contributed by atoms with Crippen LogP contribution < -0.4 is 10.1 Å². The minimum absolute atomic E-state index is 0.162. The second-order valence-electron chi connectivity index (χ2n) is 8.06. The average Bonchev–Trinajstić information content (AvgIpc) is 3.14. The Morgan fingerprint density at radius 1 is 1.21 bits per heavy atom. The number of benzene rings is 1. The fraction of sp³-hybridized carbons (Fsp3) is 0.400. The molecule has 0 bridgehead atoms. The fourth-order valence-corrected chi connectivity index (χ4v) is 5.84. The van der Waals surface area contributed by atoms with Crippen LogP contribution in [0.4, 0.5) is 5.69 Å². The number of para-hydroxylation sites is 1. The third-order valence-corrected chi connectivity index (χ3v) is 7.42. The third-order valence-electron chi connectivity index (χ3n) is 4.66. The summed E-state index contributed by atoms with van der Waals surface area (Å²) in [5.41, 5.74) is 4.19. The van der Waals surface area contributed by atoms with E-state index in [1.54, 1.807) is 35.7 Å². The molecule has 1 aliphatic rings. The minimum Gasteiger partial charge on any atom is -0.278 e. The van der Waals surface area contributed by atoms with Gasteiger partial charge in [-0.05, 0) is 54.2 Å². The summed E-state index contributed by atoms with van der Waals surface area (Å²) in [5, 5.41) is 6.03. The van der Waals surface area contributed by atoms with Crippen molar-refractivity contribution in [3.63, 3.8) is 0 Å². The molecule has 150 valence electrons. The van der Waals surface area contributed by atoms with Crippen molar-refractivity contribution in [1.82, 2.24) is 5.43 Å². The molecule has 0 saturated heterocycles. The largest absolute Gasteiger partial charge is 0.278 e. The smallest absolute Gasteiger partial charge is 0.273 e. The highest BCUT2D eigenvalue weighted by Gasteiger charge is 2.29. The second kappa shape index (κ2) is 8.05. The number of nitrogens with zero attached hydrogens (tertiary/aromatic N) is 1. The quantitative estimate of drug-likeness (QED) is 0.701. The Labute approximate surface area is 170 Å². The van der Waals surface area contributed by atoms with Crippen molar-refractivity contribution in [2.45, 2.75) is 44.2 Å². The molecule has 1 atom stereocenters. The Kier molecular flexibility index (Phi) is 5.90. The van der Waals surface area contributed by atoms with Crippen LogP contribution in [0.15, 0.2) is 51.1 Å². The van der Waals surface area contributed by atoms with Gasteiger partial charge in [-0.15, -0.1) is 11.3 Å². The van der Waals surface area contributed by atoms with Crippen molar-refractivity contribution in [3.8, 4) is 0 Å². The molecular formula is C20H25N3O3S2. The molecule has 0 radical (unpaired) electrons. The third kappa shape index (κ3) is 4.99. The van der Waals surface area contributed by atoms with E-state index >= 15 is 0 Å². The number of hydrogen-bond acceptors (Lipinski definition) is 5. The lowest BCUT2D eigenvalue weighted by Gasteiger charge is -2.34. The van der Waals surface area contributed by atoms with E-state index < -0.39 is 15.9 Å². The van der Waals surface area contributed by atoms with Crippen molar-refractivity contribution >= 4 is 38.7 Å². The number of anilines is 1. The number of rotatable bonds is 5. The van der Waals surface area contributed by atoms with Crippen LogP contribution >= 0.6 is 11.3 Å². The van der Waals surface area contributed by atoms with Crippen LogP contribution in [0.2, 0.25) is 0 Å². The zero-order valence-corrected chi connectivity index (χ0v) is 17.9. The summed E-state index contributed by atoms with van der Waals surface area (Å²) in [6, 6.07) is 9.71. The number of carbonyl (C=O) groups is 1. The first-order chi connectivity index (χ1) is 13.2. The average molecular weight is 420 g/mol. The maximum Gasteiger partial charge on any atom is 0.273 e. The number of carbonyl (C=O) groups excluding carboxylic acids is 1. The van der Waals surface area contributed by atoms with E-state index in [9.17, 15) is 13.2 Å². The lowest BCUT2D eigenvalue weighted by atomic mass is 9.72. The Bertz CT molecular complexity index is 980. The Morgan fingerprint density at radius 3 is 2.64 bits per heavy atom. The number of nitrogens with one attached hydrogen (secondary N) is 2. The molecule has 0 spiro atoms. The van der Waals surface area contributed by atoms with Crippen LogP contribution in [0.25, 0.3) is 0 Å². The molecule has 1 aliphatic carbocycles. The van der Waals surface area contributed by atoms with Gasteiger partial charge in [-0.1, -0.05) is 39.0 Å². The molecule has 0 unspecified atom stereocenters. The molecule has 1 fully saturated rings. The molecule has 1 heterocycles. The summed E-state index contributed by atoms with van der Waals surface area (Å²) in [6.07, 6.45) is 2.83. The van der Waals surface area contributed by atoms with Gasteiger partial charge < -0.3 is 0 Å². The standard InChI is InChI=1S/C20H25N3O3S2/c1-14-11-15(13-20(2,3)12-14)21-22-19(24)16-7-4-5-8-17(16)23-28(25,26)18-9-6-10-27-18/h4-10,14,23H,11-13H2,1-3H3,(H,22,24)/b21-15+/t14-/m0/s1. The van der Waals surface area contributed by atoms with Gasteiger partial charge in [0.2, 0.25) is 0 Å². The molecule has 3 rings (SSSR count). The number of hydrogen-bond donors (Lipinski definition) is 2. The summed E-state index contributed by atoms with van der Waals surface area (Å²) in [5.74, 6) is 0.0808. The van der Waals surface area contributed by atoms with Gasteiger partial charge in [0, 0.05) is 5.71 Å². The van der Waals surface area contributed by atoms with Crippen molar-refractivity contribution in [1.29, 1.82) is 0 Å². The number of hydrazone groups is 1. The highest BCUT2D eigenvalue weighted by Crippen LogP contribution is 2.36. The highest BCUT2D eigenvalue weighted by atomic mass is 32.2. The van der Waals surface area contributed by atoms with E-state index in [0.29, 0.717) is 5.92 Å². The molecule has 1 aromatic carbocycles. The van der Waals surface area contributed by atoms with Crippen LogP contribution in [0.1, 0.15) is 50.4 Å². The van der Waals surface area contributed by atoms with E-state index in [4.69, 9.17) is 0 Å². The summed E-state index contributed by atoms with van der Waals surface area (Å²) in [6.45, 7) is 6.59. The van der Waals surface area contributed by atoms with Crippen molar-refractivity contribution < 1.29 is 13.2 Å². The molecule has 8 heteroatoms. The summed E-state index contributed by atoms with van der Waals surface area (Å²) in [4.78, 5) is 12.7. The number of thiophene rings is 1. The molecule has 1 saturated carbocycles. The van der Waals surface area contributed by atoms with E-state index in [-0.39, 0.29) is 20.9 Å². The molecule has 2 N–H and O–H groups in total. The van der Waals surface area contributed by atoms with Crippen LogP contribution in [0.3, 0.4) is 0 Å². The Balaban J connectivity index is 1.77. The van der Waals surface area contributed by atoms with E-state index in [2.05, 4.69) is 36.0 Å². The first kappa shape index (κ1) is 20.5. The maximum atomic E-state index is 12.7. The van der Waals surface area contributed by atoms with Crippen LogP contribution in [0.5, 0.6) is 0 Å². The monoisotopic (exact) mass is 419 g/mol. The molecule has 6 nitrogen and oxygen atoms in total. The summed E-state index contributed by atoms with van der Waals surface area (Å²) in [7, 11) is -3.73.